The first-order valence-corrected chi connectivity index (χ1v) is 8.79. The Bertz CT molecular complexity index is 803. The number of hydrogen-bond acceptors (Lipinski definition) is 7. The van der Waals surface area contributed by atoms with Gasteiger partial charge in [-0.1, -0.05) is 23.9 Å². The Labute approximate surface area is 144 Å². The molecule has 2 fully saturated rings. The molecule has 122 valence electrons. The Morgan fingerprint density at radius 3 is 2.67 bits per heavy atom. The molecule has 1 aliphatic carbocycles. The van der Waals surface area contributed by atoms with Gasteiger partial charge in [-0.2, -0.15) is 10.5 Å². The summed E-state index contributed by atoms with van der Waals surface area (Å²) in [5.74, 6) is 1.35. The first-order chi connectivity index (χ1) is 11.6. The van der Waals surface area contributed by atoms with Gasteiger partial charge in [0.05, 0.1) is 25.4 Å². The molecular weight excluding hydrogens is 324 g/mol. The fraction of sp³-hybridized carbons (Fsp3) is 0.471. The smallest absolute Gasteiger partial charge is 0.230 e. The molecule has 2 heterocycles. The topological polar surface area (TPSA) is 104 Å². The van der Waals surface area contributed by atoms with Crippen LogP contribution in [-0.4, -0.2) is 29.9 Å². The maximum absolute atomic E-state index is 10.0. The van der Waals surface area contributed by atoms with Crippen LogP contribution in [0, 0.1) is 33.5 Å². The molecule has 2 aliphatic heterocycles. The number of nitrogens with two attached hydrogens (primary N) is 1. The van der Waals surface area contributed by atoms with Crippen molar-refractivity contribution in [2.24, 2.45) is 21.6 Å². The van der Waals surface area contributed by atoms with E-state index in [-0.39, 0.29) is 11.8 Å². The summed E-state index contributed by atoms with van der Waals surface area (Å²) >= 11 is 1.46. The molecule has 1 aromatic carbocycles. The number of amidine groups is 1. The Morgan fingerprint density at radius 1 is 1.38 bits per heavy atom. The van der Waals surface area contributed by atoms with Gasteiger partial charge in [0.25, 0.3) is 0 Å². The van der Waals surface area contributed by atoms with Gasteiger partial charge >= 0.3 is 0 Å². The van der Waals surface area contributed by atoms with Gasteiger partial charge in [-0.3, -0.25) is 0 Å². The molecule has 6 nitrogen and oxygen atoms in total. The van der Waals surface area contributed by atoms with Crippen molar-refractivity contribution in [3.05, 3.63) is 29.8 Å². The molecule has 2 N–H and O–H groups in total. The highest BCUT2D eigenvalue weighted by Gasteiger charge is 2.93. The second-order valence-corrected chi connectivity index (χ2v) is 7.30. The Balaban J connectivity index is 1.82. The van der Waals surface area contributed by atoms with Crippen LogP contribution in [0.4, 0.5) is 0 Å². The predicted octanol–water partition coefficient (Wildman–Crippen LogP) is 1.99. The minimum Gasteiger partial charge on any atom is -0.494 e. The standard InChI is InChI=1S/C17H16N4O2S/c1-2-22-12-5-3-11(4-6-12)13-15(9-18)14(20)21-17(16(13,15)10-19)23-7-8-24-17/h3-6,13H,2,7-8H2,1H3,(H2,20,21)/t13-,15-,16-,17-/m1/s1. The molecule has 0 radical (unpaired) electrons. The number of hydrogen-bond donors (Lipinski definition) is 1. The van der Waals surface area contributed by atoms with Gasteiger partial charge in [-0.25, -0.2) is 4.99 Å². The number of rotatable bonds is 3. The summed E-state index contributed by atoms with van der Waals surface area (Å²) in [4.78, 5) is 4.42. The lowest BCUT2D eigenvalue weighted by molar-refractivity contribution is 0.0200. The van der Waals surface area contributed by atoms with E-state index in [2.05, 4.69) is 17.1 Å². The highest BCUT2D eigenvalue weighted by atomic mass is 32.2. The van der Waals surface area contributed by atoms with Gasteiger partial charge in [0, 0.05) is 11.7 Å². The molecule has 1 saturated heterocycles. The van der Waals surface area contributed by atoms with E-state index in [1.807, 2.05) is 31.2 Å². The molecule has 0 aromatic heterocycles. The highest BCUT2D eigenvalue weighted by Crippen LogP contribution is 2.84. The summed E-state index contributed by atoms with van der Waals surface area (Å²) in [5, 5.41) is 18.9. The molecule has 4 atom stereocenters. The van der Waals surface area contributed by atoms with Crippen LogP contribution in [0.25, 0.3) is 0 Å². The van der Waals surface area contributed by atoms with E-state index >= 15 is 0 Å². The highest BCUT2D eigenvalue weighted by molar-refractivity contribution is 8.00. The number of nitrogens with zero attached hydrogens (tertiary/aromatic N) is 3. The average molecular weight is 340 g/mol. The van der Waals surface area contributed by atoms with Crippen molar-refractivity contribution in [3.63, 3.8) is 0 Å². The Morgan fingerprint density at radius 2 is 2.12 bits per heavy atom. The number of aliphatic imine (C=N–C) groups is 1. The third-order valence-electron chi connectivity index (χ3n) is 5.13. The van der Waals surface area contributed by atoms with Crippen molar-refractivity contribution >= 4 is 17.6 Å². The molecule has 3 aliphatic rings. The summed E-state index contributed by atoms with van der Waals surface area (Å²) in [6, 6.07) is 12.2. The number of ether oxygens (including phenoxy) is 2. The van der Waals surface area contributed by atoms with Crippen LogP contribution in [0.1, 0.15) is 18.4 Å². The molecular formula is C17H16N4O2S. The monoisotopic (exact) mass is 340 g/mol. The zero-order chi connectivity index (χ0) is 17.0. The maximum atomic E-state index is 10.0. The zero-order valence-electron chi connectivity index (χ0n) is 13.2. The predicted molar refractivity (Wildman–Crippen MR) is 89.2 cm³/mol. The molecule has 0 unspecified atom stereocenters. The summed E-state index contributed by atoms with van der Waals surface area (Å²) in [7, 11) is 0. The average Bonchev–Trinajstić information content (AvgIpc) is 2.84. The summed E-state index contributed by atoms with van der Waals surface area (Å²) in [6.07, 6.45) is 0. The first-order valence-electron chi connectivity index (χ1n) is 7.81. The molecule has 1 spiro atoms. The van der Waals surface area contributed by atoms with Crippen molar-refractivity contribution in [1.29, 1.82) is 10.5 Å². The van der Waals surface area contributed by atoms with Crippen molar-refractivity contribution in [2.75, 3.05) is 19.0 Å². The number of fused-ring (bicyclic) bond motifs is 2. The fourth-order valence-electron chi connectivity index (χ4n) is 4.14. The molecule has 24 heavy (non-hydrogen) atoms. The van der Waals surface area contributed by atoms with Crippen LogP contribution >= 0.6 is 11.8 Å². The van der Waals surface area contributed by atoms with Crippen LogP contribution < -0.4 is 10.5 Å². The minimum atomic E-state index is -1.12. The van der Waals surface area contributed by atoms with E-state index in [0.717, 1.165) is 17.1 Å². The molecule has 1 saturated carbocycles. The molecule has 7 heteroatoms. The van der Waals surface area contributed by atoms with Crippen LogP contribution in [0.3, 0.4) is 0 Å². The van der Waals surface area contributed by atoms with Gasteiger partial charge in [0.1, 0.15) is 17.0 Å². The van der Waals surface area contributed by atoms with Gasteiger partial charge in [0.15, 0.2) is 5.41 Å². The number of thioether (sulfide) groups is 1. The van der Waals surface area contributed by atoms with E-state index in [0.29, 0.717) is 13.2 Å². The van der Waals surface area contributed by atoms with Crippen molar-refractivity contribution in [3.8, 4) is 17.9 Å². The first kappa shape index (κ1) is 15.3. The molecule has 0 amide bonds. The third-order valence-corrected chi connectivity index (χ3v) is 6.42. The second-order valence-electron chi connectivity index (χ2n) is 6.05. The molecule has 0 bridgehead atoms. The largest absolute Gasteiger partial charge is 0.494 e. The number of nitriles is 2. The van der Waals surface area contributed by atoms with Crippen LogP contribution in [0.2, 0.25) is 0 Å². The zero-order valence-corrected chi connectivity index (χ0v) is 14.0. The van der Waals surface area contributed by atoms with Gasteiger partial charge in [0.2, 0.25) is 5.06 Å². The van der Waals surface area contributed by atoms with Crippen molar-refractivity contribution in [2.45, 2.75) is 17.9 Å². The Hall–Kier alpha value is -2.22. The van der Waals surface area contributed by atoms with Crippen LogP contribution in [0.15, 0.2) is 29.3 Å². The quantitative estimate of drug-likeness (QED) is 0.902. The fourth-order valence-corrected chi connectivity index (χ4v) is 5.47. The number of benzene rings is 1. The summed E-state index contributed by atoms with van der Waals surface area (Å²) in [5.41, 5.74) is 4.83. The SMILES string of the molecule is CCOc1ccc([C@H]2[C@@]3(C#N)[C@@]4(N=C(N)[C@@]23C#N)OCCS4)cc1. The van der Waals surface area contributed by atoms with E-state index < -0.39 is 15.9 Å². The molecule has 1 aromatic rings. The molecule has 4 rings (SSSR count). The third kappa shape index (κ3) is 1.47. The van der Waals surface area contributed by atoms with E-state index in [1.165, 1.54) is 11.8 Å². The second kappa shape index (κ2) is 4.89. The van der Waals surface area contributed by atoms with E-state index in [9.17, 15) is 10.5 Å². The van der Waals surface area contributed by atoms with Crippen LogP contribution in [-0.2, 0) is 4.74 Å². The maximum Gasteiger partial charge on any atom is 0.230 e. The lowest BCUT2D eigenvalue weighted by Gasteiger charge is -2.26. The lowest BCUT2D eigenvalue weighted by Crippen LogP contribution is -2.34. The van der Waals surface area contributed by atoms with Crippen LogP contribution in [0.5, 0.6) is 5.75 Å². The lowest BCUT2D eigenvalue weighted by atomic mass is 9.95. The normalized spacial score (nSPS) is 39.0. The van der Waals surface area contributed by atoms with E-state index in [4.69, 9.17) is 15.2 Å². The van der Waals surface area contributed by atoms with Crippen molar-refractivity contribution in [1.82, 2.24) is 0 Å². The minimum absolute atomic E-state index is 0.208. The summed E-state index contributed by atoms with van der Waals surface area (Å²) in [6.45, 7) is 3.01. The van der Waals surface area contributed by atoms with Gasteiger partial charge < -0.3 is 15.2 Å². The van der Waals surface area contributed by atoms with E-state index in [1.54, 1.807) is 0 Å². The Kier molecular flexibility index (Phi) is 3.12. The van der Waals surface area contributed by atoms with Gasteiger partial charge in [-0.05, 0) is 24.6 Å². The summed E-state index contributed by atoms with van der Waals surface area (Å²) < 4.78 is 11.3. The van der Waals surface area contributed by atoms with Gasteiger partial charge in [-0.15, -0.1) is 0 Å². The van der Waals surface area contributed by atoms with Crippen molar-refractivity contribution < 1.29 is 9.47 Å².